The fraction of sp³-hybridized carbons (Fsp3) is 0. The Morgan fingerprint density at radius 3 is 2.27 bits per heavy atom. The molecule has 0 bridgehead atoms. The van der Waals surface area contributed by atoms with Gasteiger partial charge in [-0.1, -0.05) is 0 Å². The topological polar surface area (TPSA) is 23.8 Å². The van der Waals surface area contributed by atoms with Crippen molar-refractivity contribution in [3.8, 4) is 6.07 Å². The summed E-state index contributed by atoms with van der Waals surface area (Å²) in [4.78, 5) is 0.988. The third kappa shape index (κ3) is 2.29. The summed E-state index contributed by atoms with van der Waals surface area (Å²) in [5.41, 5.74) is 0.655. The Labute approximate surface area is 77.4 Å². The van der Waals surface area contributed by atoms with Crippen molar-refractivity contribution in [2.45, 2.75) is 4.90 Å². The fourth-order valence-corrected chi connectivity index (χ4v) is 1.71. The number of nitrogens with zero attached hydrogens (tertiary/aromatic N) is 1. The van der Waals surface area contributed by atoms with E-state index in [1.165, 1.54) is 0 Å². The van der Waals surface area contributed by atoms with Crippen LogP contribution in [0.2, 0.25) is 0 Å². The highest BCUT2D eigenvalue weighted by molar-refractivity contribution is 8.76. The van der Waals surface area contributed by atoms with Crippen LogP contribution in [0, 0.1) is 11.3 Å². The van der Waals surface area contributed by atoms with Gasteiger partial charge in [-0.3, -0.25) is 0 Å². The van der Waals surface area contributed by atoms with Gasteiger partial charge in [-0.2, -0.15) is 5.26 Å². The molecular weight excluding hydrogens is 194 g/mol. The Hall–Kier alpha value is -0.370. The third-order valence-electron chi connectivity index (χ3n) is 1.19. The summed E-state index contributed by atoms with van der Waals surface area (Å²) in [5.74, 6) is 0. The highest BCUT2D eigenvalue weighted by atomic mass is 33.3. The molecule has 1 nitrogen and oxygen atoms in total. The normalized spacial score (nSPS) is 12.0. The van der Waals surface area contributed by atoms with Crippen LogP contribution < -0.4 is 0 Å². The predicted octanol–water partition coefficient (Wildman–Crippen LogP) is 1.84. The molecule has 1 aromatic rings. The van der Waals surface area contributed by atoms with E-state index < -0.39 is 8.49 Å². The third-order valence-corrected chi connectivity index (χ3v) is 3.07. The Morgan fingerprint density at radius 2 is 1.91 bits per heavy atom. The first kappa shape index (κ1) is 8.72. The van der Waals surface area contributed by atoms with Crippen molar-refractivity contribution in [3.63, 3.8) is 0 Å². The number of hydrogen-bond acceptors (Lipinski definition) is 2. The first-order valence-corrected chi connectivity index (χ1v) is 6.05. The summed E-state index contributed by atoms with van der Waals surface area (Å²) >= 11 is 9.04. The van der Waals surface area contributed by atoms with Gasteiger partial charge in [0, 0.05) is 4.90 Å². The molecule has 0 saturated carbocycles. The van der Waals surface area contributed by atoms with Gasteiger partial charge >= 0.3 is 0 Å². The quantitative estimate of drug-likeness (QED) is 0.551. The molecule has 0 amide bonds. The largest absolute Gasteiger partial charge is 0.192 e. The standard InChI is InChI=1S/C7H5NS3/c8-5-6-1-3-7(4-2-6)11(9)10/h1-4H,(H,9,10). The minimum Gasteiger partial charge on any atom is -0.192 e. The lowest BCUT2D eigenvalue weighted by Gasteiger charge is -1.95. The van der Waals surface area contributed by atoms with Gasteiger partial charge in [0.2, 0.25) is 0 Å². The lowest BCUT2D eigenvalue weighted by molar-refractivity contribution is 1.42. The van der Waals surface area contributed by atoms with Crippen LogP contribution in [0.1, 0.15) is 5.56 Å². The molecule has 0 N–H and O–H groups in total. The number of nitriles is 1. The second kappa shape index (κ2) is 3.86. The minimum atomic E-state index is -0.421. The molecule has 0 saturated heterocycles. The van der Waals surface area contributed by atoms with Gasteiger partial charge in [0.15, 0.2) is 0 Å². The molecule has 1 atom stereocenters. The second-order valence-electron chi connectivity index (χ2n) is 1.89. The molecule has 0 radical (unpaired) electrons. The molecule has 1 aromatic carbocycles. The van der Waals surface area contributed by atoms with Gasteiger partial charge in [-0.25, -0.2) is 0 Å². The zero-order chi connectivity index (χ0) is 8.27. The van der Waals surface area contributed by atoms with Crippen LogP contribution in [0.3, 0.4) is 0 Å². The Morgan fingerprint density at radius 1 is 1.36 bits per heavy atom. The lowest BCUT2D eigenvalue weighted by atomic mass is 10.2. The van der Waals surface area contributed by atoms with Crippen LogP contribution in [0.5, 0.6) is 0 Å². The first-order valence-electron chi connectivity index (χ1n) is 2.85. The van der Waals surface area contributed by atoms with Crippen LogP contribution in [0.25, 0.3) is 0 Å². The average molecular weight is 199 g/mol. The highest BCUT2D eigenvalue weighted by Gasteiger charge is 1.93. The molecule has 0 fully saturated rings. The van der Waals surface area contributed by atoms with Crippen molar-refractivity contribution in [1.82, 2.24) is 0 Å². The number of benzene rings is 1. The molecule has 4 heteroatoms. The van der Waals surface area contributed by atoms with Crippen LogP contribution in [0.4, 0.5) is 0 Å². The van der Waals surface area contributed by atoms with Crippen LogP contribution in [-0.2, 0) is 19.7 Å². The van der Waals surface area contributed by atoms with E-state index in [1.54, 1.807) is 12.1 Å². The van der Waals surface area contributed by atoms with Crippen molar-refractivity contribution in [1.29, 1.82) is 5.26 Å². The van der Waals surface area contributed by atoms with Crippen LogP contribution in [-0.4, -0.2) is 0 Å². The monoisotopic (exact) mass is 199 g/mol. The molecule has 0 aliphatic carbocycles. The molecule has 11 heavy (non-hydrogen) atoms. The van der Waals surface area contributed by atoms with Gasteiger partial charge in [-0.15, -0.1) is 11.7 Å². The summed E-state index contributed by atoms with van der Waals surface area (Å²) in [6.07, 6.45) is 0. The van der Waals surface area contributed by atoms with Crippen molar-refractivity contribution in [3.05, 3.63) is 29.8 Å². The summed E-state index contributed by atoms with van der Waals surface area (Å²) in [6, 6.07) is 9.20. The molecule has 0 aliphatic heterocycles. The van der Waals surface area contributed by atoms with E-state index in [0.717, 1.165) is 4.90 Å². The number of hydrogen-bond donors (Lipinski definition) is 1. The molecule has 0 spiro atoms. The van der Waals surface area contributed by atoms with E-state index in [-0.39, 0.29) is 0 Å². The van der Waals surface area contributed by atoms with Gasteiger partial charge in [0.1, 0.15) is 0 Å². The molecule has 0 aromatic heterocycles. The smallest absolute Gasteiger partial charge is 0.0991 e. The van der Waals surface area contributed by atoms with Crippen LogP contribution >= 0.6 is 11.7 Å². The predicted molar refractivity (Wildman–Crippen MR) is 53.1 cm³/mol. The fourth-order valence-electron chi connectivity index (χ4n) is 0.646. The number of thiol groups is 1. The zero-order valence-electron chi connectivity index (χ0n) is 5.52. The maximum atomic E-state index is 8.47. The van der Waals surface area contributed by atoms with E-state index in [4.69, 9.17) is 16.4 Å². The van der Waals surface area contributed by atoms with E-state index in [2.05, 4.69) is 11.7 Å². The van der Waals surface area contributed by atoms with E-state index in [0.29, 0.717) is 5.56 Å². The van der Waals surface area contributed by atoms with Gasteiger partial charge in [0.25, 0.3) is 0 Å². The molecule has 1 unspecified atom stereocenters. The molecule has 1 rings (SSSR count). The van der Waals surface area contributed by atoms with Crippen molar-refractivity contribution >= 4 is 31.3 Å². The maximum Gasteiger partial charge on any atom is 0.0991 e. The van der Waals surface area contributed by atoms with E-state index in [1.807, 2.05) is 18.2 Å². The Kier molecular flexibility index (Phi) is 3.06. The molecular formula is C7H5NS3. The van der Waals surface area contributed by atoms with Crippen molar-refractivity contribution in [2.75, 3.05) is 0 Å². The second-order valence-corrected chi connectivity index (χ2v) is 5.69. The van der Waals surface area contributed by atoms with E-state index >= 15 is 0 Å². The summed E-state index contributed by atoms with van der Waals surface area (Å²) in [6.45, 7) is 0. The first-order chi connectivity index (χ1) is 5.24. The van der Waals surface area contributed by atoms with Gasteiger partial charge < -0.3 is 0 Å². The SMILES string of the molecule is N#Cc1ccc(S(=S)S)cc1. The lowest BCUT2D eigenvalue weighted by Crippen LogP contribution is -1.79. The highest BCUT2D eigenvalue weighted by Crippen LogP contribution is 2.10. The Bertz CT molecular complexity index is 309. The maximum absolute atomic E-state index is 8.47. The summed E-state index contributed by atoms with van der Waals surface area (Å²) < 4.78 is 0. The van der Waals surface area contributed by atoms with Gasteiger partial charge in [-0.05, 0) is 43.9 Å². The molecule has 0 aliphatic rings. The zero-order valence-corrected chi connectivity index (χ0v) is 8.05. The summed E-state index contributed by atoms with van der Waals surface area (Å²) in [5, 5.41) is 8.47. The van der Waals surface area contributed by atoms with Crippen molar-refractivity contribution in [2.24, 2.45) is 0 Å². The van der Waals surface area contributed by atoms with Crippen LogP contribution in [0.15, 0.2) is 29.2 Å². The Balaban J connectivity index is 3.03. The van der Waals surface area contributed by atoms with Crippen molar-refractivity contribution < 1.29 is 0 Å². The minimum absolute atomic E-state index is 0.421. The molecule has 0 heterocycles. The number of rotatable bonds is 1. The van der Waals surface area contributed by atoms with Gasteiger partial charge in [0.05, 0.1) is 11.6 Å². The van der Waals surface area contributed by atoms with E-state index in [9.17, 15) is 0 Å². The summed E-state index contributed by atoms with van der Waals surface area (Å²) in [7, 11) is -0.421. The average Bonchev–Trinajstić information content (AvgIpc) is 2.05. The molecule has 56 valence electrons.